The van der Waals surface area contributed by atoms with E-state index in [0.29, 0.717) is 28.8 Å². The van der Waals surface area contributed by atoms with Crippen molar-refractivity contribution in [2.45, 2.75) is 27.2 Å². The average Bonchev–Trinajstić information content (AvgIpc) is 2.43. The molecular formula is C17H17NO3. The normalized spacial score (nSPS) is 14.3. The zero-order valence-corrected chi connectivity index (χ0v) is 12.3. The van der Waals surface area contributed by atoms with Gasteiger partial charge in [-0.05, 0) is 50.1 Å². The van der Waals surface area contributed by atoms with Gasteiger partial charge in [-0.15, -0.1) is 0 Å². The molecule has 0 aliphatic heterocycles. The zero-order valence-electron chi connectivity index (χ0n) is 12.3. The lowest BCUT2D eigenvalue weighted by Gasteiger charge is -2.12. The molecule has 0 atom stereocenters. The van der Waals surface area contributed by atoms with Gasteiger partial charge in [-0.25, -0.2) is 0 Å². The van der Waals surface area contributed by atoms with Gasteiger partial charge in [0.1, 0.15) is 0 Å². The minimum Gasteiger partial charge on any atom is -0.322 e. The van der Waals surface area contributed by atoms with Crippen molar-refractivity contribution in [1.82, 2.24) is 5.32 Å². The molecule has 1 aliphatic carbocycles. The first kappa shape index (κ1) is 14.9. The van der Waals surface area contributed by atoms with E-state index in [1.54, 1.807) is 37.3 Å². The van der Waals surface area contributed by atoms with E-state index in [2.05, 4.69) is 5.32 Å². The molecule has 1 aliphatic rings. The largest absolute Gasteiger partial charge is 0.322 e. The molecule has 0 saturated heterocycles. The van der Waals surface area contributed by atoms with E-state index >= 15 is 0 Å². The molecule has 4 nitrogen and oxygen atoms in total. The van der Waals surface area contributed by atoms with Crippen molar-refractivity contribution >= 4 is 17.5 Å². The first-order valence-electron chi connectivity index (χ1n) is 6.73. The molecule has 1 aromatic carbocycles. The van der Waals surface area contributed by atoms with Gasteiger partial charge in [-0.3, -0.25) is 14.4 Å². The lowest BCUT2D eigenvalue weighted by Crippen LogP contribution is -2.24. The third-order valence-corrected chi connectivity index (χ3v) is 3.46. The first-order chi connectivity index (χ1) is 9.88. The number of Topliss-reactive ketones (excluding diaryl/α,β-unsaturated/α-hetero) is 2. The highest BCUT2D eigenvalue weighted by Gasteiger charge is 2.14. The van der Waals surface area contributed by atoms with Crippen LogP contribution in [0.5, 0.6) is 0 Å². The Bertz CT molecular complexity index is 696. The summed E-state index contributed by atoms with van der Waals surface area (Å²) < 4.78 is 0. The minimum atomic E-state index is -0.290. The number of rotatable bonds is 3. The number of carbonyl (C=O) groups is 3. The van der Waals surface area contributed by atoms with Gasteiger partial charge in [-0.1, -0.05) is 12.1 Å². The predicted molar refractivity (Wildman–Crippen MR) is 80.1 cm³/mol. The van der Waals surface area contributed by atoms with Gasteiger partial charge >= 0.3 is 0 Å². The summed E-state index contributed by atoms with van der Waals surface area (Å²) in [5.41, 5.74) is 3.05. The highest BCUT2D eigenvalue weighted by molar-refractivity contribution is 6.02. The van der Waals surface area contributed by atoms with E-state index in [-0.39, 0.29) is 17.5 Å². The Morgan fingerprint density at radius 1 is 1.19 bits per heavy atom. The van der Waals surface area contributed by atoms with Crippen LogP contribution in [0, 0.1) is 6.92 Å². The molecule has 1 aromatic rings. The van der Waals surface area contributed by atoms with Crippen molar-refractivity contribution in [3.8, 4) is 0 Å². The number of benzene rings is 1. The summed E-state index contributed by atoms with van der Waals surface area (Å²) in [4.78, 5) is 35.1. The monoisotopic (exact) mass is 283 g/mol. The number of carbonyl (C=O) groups excluding carboxylic acids is 3. The summed E-state index contributed by atoms with van der Waals surface area (Å²) in [5, 5.41) is 2.75. The molecule has 4 heteroatoms. The summed E-state index contributed by atoms with van der Waals surface area (Å²) >= 11 is 0. The number of hydrogen-bond donors (Lipinski definition) is 1. The second-order valence-corrected chi connectivity index (χ2v) is 5.15. The molecule has 108 valence electrons. The number of aryl methyl sites for hydroxylation is 1. The predicted octanol–water partition coefficient (Wildman–Crippen LogP) is 2.73. The van der Waals surface area contributed by atoms with Crippen molar-refractivity contribution in [1.29, 1.82) is 0 Å². The molecule has 2 rings (SSSR count). The highest BCUT2D eigenvalue weighted by atomic mass is 16.2. The molecule has 0 bridgehead atoms. The summed E-state index contributed by atoms with van der Waals surface area (Å²) in [5.74, 6) is -0.301. The molecule has 0 heterocycles. The average molecular weight is 283 g/mol. The van der Waals surface area contributed by atoms with Gasteiger partial charge < -0.3 is 5.32 Å². The van der Waals surface area contributed by atoms with Crippen LogP contribution in [0.1, 0.15) is 46.5 Å². The van der Waals surface area contributed by atoms with Gasteiger partial charge in [0.05, 0.1) is 0 Å². The Kier molecular flexibility index (Phi) is 4.17. The molecule has 0 unspecified atom stereocenters. The first-order valence-corrected chi connectivity index (χ1v) is 6.73. The Balaban J connectivity index is 2.20. The smallest absolute Gasteiger partial charge is 0.255 e. The SMILES string of the molecule is CC(=O)c1cc(C(=O)NC2=CCC(=O)C(C)=C2)ccc1C. The van der Waals surface area contributed by atoms with Gasteiger partial charge in [0.25, 0.3) is 5.91 Å². The summed E-state index contributed by atoms with van der Waals surface area (Å²) in [7, 11) is 0. The number of hydrogen-bond acceptors (Lipinski definition) is 3. The lowest BCUT2D eigenvalue weighted by atomic mass is 10.0. The maximum Gasteiger partial charge on any atom is 0.255 e. The van der Waals surface area contributed by atoms with Crippen LogP contribution in [0.25, 0.3) is 0 Å². The van der Waals surface area contributed by atoms with Crippen LogP contribution in [-0.2, 0) is 4.79 Å². The topological polar surface area (TPSA) is 63.2 Å². The summed E-state index contributed by atoms with van der Waals surface area (Å²) in [6.07, 6.45) is 3.64. The van der Waals surface area contributed by atoms with Gasteiger partial charge in [0, 0.05) is 23.2 Å². The molecule has 0 spiro atoms. The maximum absolute atomic E-state index is 12.2. The Morgan fingerprint density at radius 3 is 2.52 bits per heavy atom. The van der Waals surface area contributed by atoms with Crippen LogP contribution in [-0.4, -0.2) is 17.5 Å². The van der Waals surface area contributed by atoms with E-state index < -0.39 is 0 Å². The van der Waals surface area contributed by atoms with Gasteiger partial charge in [0.15, 0.2) is 11.6 Å². The Labute approximate surface area is 123 Å². The van der Waals surface area contributed by atoms with Crippen LogP contribution in [0.15, 0.2) is 41.6 Å². The van der Waals surface area contributed by atoms with Crippen molar-refractivity contribution in [3.05, 3.63) is 58.3 Å². The molecule has 0 saturated carbocycles. The summed E-state index contributed by atoms with van der Waals surface area (Å²) in [6, 6.07) is 5.03. The summed E-state index contributed by atoms with van der Waals surface area (Å²) in [6.45, 7) is 5.03. The fraction of sp³-hybridized carbons (Fsp3) is 0.235. The third-order valence-electron chi connectivity index (χ3n) is 3.46. The molecule has 0 aromatic heterocycles. The fourth-order valence-corrected chi connectivity index (χ4v) is 2.17. The maximum atomic E-state index is 12.2. The van der Waals surface area contributed by atoms with Crippen LogP contribution in [0.2, 0.25) is 0 Å². The molecular weight excluding hydrogens is 266 g/mol. The molecule has 1 N–H and O–H groups in total. The Hall–Kier alpha value is -2.49. The number of nitrogens with one attached hydrogen (secondary N) is 1. The van der Waals surface area contributed by atoms with Crippen molar-refractivity contribution in [3.63, 3.8) is 0 Å². The second-order valence-electron chi connectivity index (χ2n) is 5.15. The standard InChI is InChI=1S/C17H17NO3/c1-10-4-5-13(9-15(10)12(3)19)17(21)18-14-6-7-16(20)11(2)8-14/h4-6,8-9H,7H2,1-3H3,(H,18,21). The molecule has 1 amide bonds. The highest BCUT2D eigenvalue weighted by Crippen LogP contribution is 2.15. The minimum absolute atomic E-state index is 0.0576. The molecule has 0 fully saturated rings. The molecule has 0 radical (unpaired) electrons. The quantitative estimate of drug-likeness (QED) is 0.867. The van der Waals surface area contributed by atoms with E-state index in [1.165, 1.54) is 6.92 Å². The number of ketones is 2. The number of allylic oxidation sites excluding steroid dienone is 3. The Morgan fingerprint density at radius 2 is 1.90 bits per heavy atom. The van der Waals surface area contributed by atoms with E-state index in [1.807, 2.05) is 6.92 Å². The van der Waals surface area contributed by atoms with Gasteiger partial charge in [0.2, 0.25) is 0 Å². The van der Waals surface area contributed by atoms with Crippen LogP contribution in [0.4, 0.5) is 0 Å². The second kappa shape index (κ2) is 5.87. The van der Waals surface area contributed by atoms with E-state index in [9.17, 15) is 14.4 Å². The van der Waals surface area contributed by atoms with E-state index in [0.717, 1.165) is 5.56 Å². The fourth-order valence-electron chi connectivity index (χ4n) is 2.17. The van der Waals surface area contributed by atoms with Crippen LogP contribution < -0.4 is 5.32 Å². The third kappa shape index (κ3) is 3.34. The van der Waals surface area contributed by atoms with Crippen molar-refractivity contribution in [2.24, 2.45) is 0 Å². The molecule has 21 heavy (non-hydrogen) atoms. The van der Waals surface area contributed by atoms with Gasteiger partial charge in [-0.2, -0.15) is 0 Å². The van der Waals surface area contributed by atoms with Crippen LogP contribution in [0.3, 0.4) is 0 Å². The van der Waals surface area contributed by atoms with E-state index in [4.69, 9.17) is 0 Å². The lowest BCUT2D eigenvalue weighted by molar-refractivity contribution is -0.114. The van der Waals surface area contributed by atoms with Crippen molar-refractivity contribution in [2.75, 3.05) is 0 Å². The van der Waals surface area contributed by atoms with Crippen LogP contribution >= 0.6 is 0 Å². The van der Waals surface area contributed by atoms with Crippen molar-refractivity contribution < 1.29 is 14.4 Å². The zero-order chi connectivity index (χ0) is 15.6. The number of amides is 1.